The molecule has 1 amide bonds. The maximum Gasteiger partial charge on any atom is 0.417 e. The zero-order valence-electron chi connectivity index (χ0n) is 9.25. The minimum Gasteiger partial charge on any atom is -0.326 e. The summed E-state index contributed by atoms with van der Waals surface area (Å²) in [7, 11) is -5.07. The number of amides is 1. The van der Waals surface area contributed by atoms with E-state index in [2.05, 4.69) is 21.2 Å². The van der Waals surface area contributed by atoms with E-state index in [1.807, 2.05) is 0 Å². The van der Waals surface area contributed by atoms with Crippen molar-refractivity contribution in [2.45, 2.75) is 18.0 Å². The van der Waals surface area contributed by atoms with Crippen LogP contribution >= 0.6 is 15.9 Å². The summed E-state index contributed by atoms with van der Waals surface area (Å²) in [6.07, 6.45) is -5.01. The van der Waals surface area contributed by atoms with Gasteiger partial charge in [-0.05, 0) is 28.1 Å². The first-order chi connectivity index (χ1) is 8.43. The number of benzene rings is 1. The second-order valence-corrected chi connectivity index (χ2v) is 5.70. The van der Waals surface area contributed by atoms with Crippen molar-refractivity contribution < 1.29 is 30.9 Å². The molecule has 0 spiro atoms. The summed E-state index contributed by atoms with van der Waals surface area (Å²) in [6.45, 7) is 1.08. The van der Waals surface area contributed by atoms with Gasteiger partial charge in [0, 0.05) is 17.1 Å². The van der Waals surface area contributed by atoms with Crippen LogP contribution in [0.5, 0.6) is 0 Å². The van der Waals surface area contributed by atoms with Crippen LogP contribution in [0.4, 0.5) is 18.9 Å². The van der Waals surface area contributed by atoms with Gasteiger partial charge in [-0.15, -0.1) is 0 Å². The third-order valence-electron chi connectivity index (χ3n) is 1.93. The highest BCUT2D eigenvalue weighted by molar-refractivity contribution is 9.10. The van der Waals surface area contributed by atoms with Gasteiger partial charge in [0.1, 0.15) is 4.90 Å². The minimum absolute atomic E-state index is 0.251. The van der Waals surface area contributed by atoms with Crippen molar-refractivity contribution in [3.8, 4) is 0 Å². The molecule has 19 heavy (non-hydrogen) atoms. The number of halogens is 4. The number of anilines is 1. The number of carbonyl (C=O) groups excluding carboxylic acids is 1. The fourth-order valence-corrected chi connectivity index (χ4v) is 3.17. The van der Waals surface area contributed by atoms with Gasteiger partial charge >= 0.3 is 6.18 Å². The van der Waals surface area contributed by atoms with Crippen molar-refractivity contribution in [2.24, 2.45) is 0 Å². The quantitative estimate of drug-likeness (QED) is 0.793. The van der Waals surface area contributed by atoms with Gasteiger partial charge < -0.3 is 5.32 Å². The van der Waals surface area contributed by atoms with E-state index in [1.54, 1.807) is 0 Å². The smallest absolute Gasteiger partial charge is 0.326 e. The number of alkyl halides is 3. The first-order valence-corrected chi connectivity index (χ1v) is 6.82. The highest BCUT2D eigenvalue weighted by Gasteiger charge is 2.38. The molecule has 0 bridgehead atoms. The summed E-state index contributed by atoms with van der Waals surface area (Å²) < 4.78 is 68.6. The Morgan fingerprint density at radius 1 is 1.37 bits per heavy atom. The van der Waals surface area contributed by atoms with Gasteiger partial charge in [-0.25, -0.2) is 0 Å². The molecule has 0 atom stereocenters. The molecule has 10 heteroatoms. The van der Waals surface area contributed by atoms with Crippen molar-refractivity contribution in [1.82, 2.24) is 0 Å². The molecule has 5 nitrogen and oxygen atoms in total. The molecule has 1 rings (SSSR count). The van der Waals surface area contributed by atoms with Crippen LogP contribution in [0.1, 0.15) is 12.5 Å². The Labute approximate surface area is 114 Å². The predicted molar refractivity (Wildman–Crippen MR) is 63.3 cm³/mol. The van der Waals surface area contributed by atoms with Crippen LogP contribution in [0.3, 0.4) is 0 Å². The number of hydrogen-bond donors (Lipinski definition) is 2. The molecule has 0 radical (unpaired) electrons. The van der Waals surface area contributed by atoms with Crippen LogP contribution in [0.15, 0.2) is 21.5 Å². The molecule has 0 unspecified atom stereocenters. The third kappa shape index (κ3) is 3.91. The summed E-state index contributed by atoms with van der Waals surface area (Å²) in [6, 6.07) is 1.37. The average molecular weight is 362 g/mol. The zero-order chi connectivity index (χ0) is 15.0. The monoisotopic (exact) mass is 361 g/mol. The van der Waals surface area contributed by atoms with Gasteiger partial charge in [0.05, 0.1) is 5.56 Å². The van der Waals surface area contributed by atoms with Gasteiger partial charge in [-0.1, -0.05) is 0 Å². The topological polar surface area (TPSA) is 83.5 Å². The maximum absolute atomic E-state index is 12.8. The zero-order valence-corrected chi connectivity index (χ0v) is 11.6. The van der Waals surface area contributed by atoms with E-state index >= 15 is 0 Å². The van der Waals surface area contributed by atoms with Crippen LogP contribution < -0.4 is 5.32 Å². The molecule has 0 fully saturated rings. The molecule has 106 valence electrons. The van der Waals surface area contributed by atoms with Crippen LogP contribution in [0.2, 0.25) is 0 Å². The van der Waals surface area contributed by atoms with Crippen LogP contribution in [0.25, 0.3) is 0 Å². The van der Waals surface area contributed by atoms with E-state index in [1.165, 1.54) is 0 Å². The van der Waals surface area contributed by atoms with Crippen molar-refractivity contribution in [1.29, 1.82) is 0 Å². The molecule has 0 saturated heterocycles. The highest BCUT2D eigenvalue weighted by Crippen LogP contribution is 2.39. The van der Waals surface area contributed by atoms with E-state index in [0.29, 0.717) is 6.07 Å². The van der Waals surface area contributed by atoms with Crippen molar-refractivity contribution in [3.63, 3.8) is 0 Å². The van der Waals surface area contributed by atoms with E-state index in [9.17, 15) is 26.4 Å². The summed E-state index contributed by atoms with van der Waals surface area (Å²) in [4.78, 5) is 9.49. The van der Waals surface area contributed by atoms with Crippen LogP contribution in [0, 0.1) is 0 Å². The molecule has 0 heterocycles. The normalized spacial score (nSPS) is 12.3. The van der Waals surface area contributed by atoms with E-state index in [-0.39, 0.29) is 5.69 Å². The average Bonchev–Trinajstić information content (AvgIpc) is 2.11. The van der Waals surface area contributed by atoms with Crippen molar-refractivity contribution in [2.75, 3.05) is 5.32 Å². The SMILES string of the molecule is CC(=O)Nc1cc(Br)c(S(=O)(=O)O)c(C(F)(F)F)c1. The van der Waals surface area contributed by atoms with Crippen molar-refractivity contribution in [3.05, 3.63) is 22.2 Å². The molecule has 2 N–H and O–H groups in total. The van der Waals surface area contributed by atoms with Gasteiger partial charge in [0.15, 0.2) is 0 Å². The fraction of sp³-hybridized carbons (Fsp3) is 0.222. The van der Waals surface area contributed by atoms with Gasteiger partial charge in [0.2, 0.25) is 5.91 Å². The Kier molecular flexibility index (Phi) is 4.27. The summed E-state index contributed by atoms with van der Waals surface area (Å²) in [5.41, 5.74) is -1.83. The van der Waals surface area contributed by atoms with Crippen LogP contribution in [-0.4, -0.2) is 18.9 Å². The maximum atomic E-state index is 12.8. The Hall–Kier alpha value is -1.13. The third-order valence-corrected chi connectivity index (χ3v) is 3.77. The van der Waals surface area contributed by atoms with Crippen LogP contribution in [-0.2, 0) is 21.1 Å². The lowest BCUT2D eigenvalue weighted by Gasteiger charge is -2.14. The van der Waals surface area contributed by atoms with E-state index < -0.39 is 37.1 Å². The number of rotatable bonds is 2. The Morgan fingerprint density at radius 3 is 2.26 bits per heavy atom. The lowest BCUT2D eigenvalue weighted by atomic mass is 10.2. The summed E-state index contributed by atoms with van der Waals surface area (Å²) >= 11 is 2.63. The highest BCUT2D eigenvalue weighted by atomic mass is 79.9. The molecule has 0 aliphatic rings. The number of hydrogen-bond acceptors (Lipinski definition) is 3. The lowest BCUT2D eigenvalue weighted by Crippen LogP contribution is -2.15. The van der Waals surface area contributed by atoms with E-state index in [0.717, 1.165) is 13.0 Å². The molecule has 0 aliphatic carbocycles. The summed E-state index contributed by atoms with van der Waals surface area (Å²) in [5.74, 6) is -0.625. The van der Waals surface area contributed by atoms with Gasteiger partial charge in [-0.2, -0.15) is 21.6 Å². The number of carbonyl (C=O) groups is 1. The van der Waals surface area contributed by atoms with Gasteiger partial charge in [0.25, 0.3) is 10.1 Å². The largest absolute Gasteiger partial charge is 0.417 e. The predicted octanol–water partition coefficient (Wildman–Crippen LogP) is 2.67. The first kappa shape index (κ1) is 15.9. The molecule has 1 aromatic carbocycles. The number of nitrogens with one attached hydrogen (secondary N) is 1. The Bertz CT molecular complexity index is 627. The fourth-order valence-electron chi connectivity index (χ4n) is 1.34. The van der Waals surface area contributed by atoms with E-state index in [4.69, 9.17) is 4.55 Å². The second-order valence-electron chi connectivity index (χ2n) is 3.49. The summed E-state index contributed by atoms with van der Waals surface area (Å²) in [5, 5.41) is 2.09. The van der Waals surface area contributed by atoms with Gasteiger partial charge in [-0.3, -0.25) is 9.35 Å². The lowest BCUT2D eigenvalue weighted by molar-refractivity contribution is -0.140. The molecule has 1 aromatic rings. The molecular weight excluding hydrogens is 355 g/mol. The first-order valence-electron chi connectivity index (χ1n) is 4.58. The standard InChI is InChI=1S/C9H7BrF3NO4S/c1-4(15)14-5-2-6(9(11,12)13)8(7(10)3-5)19(16,17)18/h2-3H,1H3,(H,14,15)(H,16,17,18). The Balaban J connectivity index is 3.62. The van der Waals surface area contributed by atoms with Crippen molar-refractivity contribution >= 4 is 37.6 Å². The molecular formula is C9H7BrF3NO4S. The molecule has 0 aromatic heterocycles. The minimum atomic E-state index is -5.07. The second kappa shape index (κ2) is 5.10. The molecule has 0 aliphatic heterocycles. The molecule has 0 saturated carbocycles. The Morgan fingerprint density at radius 2 is 1.89 bits per heavy atom.